The molecule has 3 atom stereocenters. The lowest BCUT2D eigenvalue weighted by Gasteiger charge is -2.27. The second kappa shape index (κ2) is 6.60. The summed E-state index contributed by atoms with van der Waals surface area (Å²) in [5.74, 6) is -1.24. The molecule has 118 valence electrons. The standard InChI is InChI=1S/C12H15F3N2O2S2/c1-3-7-8(21-5-4-20-7)10-16-11(19-17-10)6(2)9(18)12(13,14)15/h6-8H,3-5H2,1-2H3. The molecule has 21 heavy (non-hydrogen) atoms. The Balaban J connectivity index is 2.15. The largest absolute Gasteiger partial charge is 0.450 e. The van der Waals surface area contributed by atoms with E-state index in [2.05, 4.69) is 10.1 Å². The predicted octanol–water partition coefficient (Wildman–Crippen LogP) is 3.60. The lowest BCUT2D eigenvalue weighted by Crippen LogP contribution is -2.28. The Morgan fingerprint density at radius 2 is 2.10 bits per heavy atom. The smallest absolute Gasteiger partial charge is 0.339 e. The minimum Gasteiger partial charge on any atom is -0.339 e. The molecule has 2 rings (SSSR count). The molecular weight excluding hydrogens is 325 g/mol. The Morgan fingerprint density at radius 3 is 2.71 bits per heavy atom. The molecule has 0 bridgehead atoms. The van der Waals surface area contributed by atoms with Gasteiger partial charge in [-0.3, -0.25) is 4.79 Å². The molecular formula is C12H15F3N2O2S2. The van der Waals surface area contributed by atoms with Crippen LogP contribution in [0.4, 0.5) is 13.2 Å². The van der Waals surface area contributed by atoms with E-state index < -0.39 is 17.9 Å². The third-order valence-corrected chi connectivity index (χ3v) is 6.45. The minimum atomic E-state index is -4.89. The maximum Gasteiger partial charge on any atom is 0.450 e. The molecule has 0 saturated carbocycles. The van der Waals surface area contributed by atoms with E-state index >= 15 is 0 Å². The van der Waals surface area contributed by atoms with Crippen LogP contribution in [-0.4, -0.2) is 38.9 Å². The van der Waals surface area contributed by atoms with E-state index in [-0.39, 0.29) is 11.1 Å². The maximum absolute atomic E-state index is 12.4. The molecule has 1 aromatic rings. The zero-order valence-electron chi connectivity index (χ0n) is 11.5. The monoisotopic (exact) mass is 340 g/mol. The number of thioether (sulfide) groups is 2. The van der Waals surface area contributed by atoms with Crippen LogP contribution in [0.5, 0.6) is 0 Å². The summed E-state index contributed by atoms with van der Waals surface area (Å²) in [5, 5.41) is 4.09. The molecule has 1 aliphatic rings. The summed E-state index contributed by atoms with van der Waals surface area (Å²) in [7, 11) is 0. The lowest BCUT2D eigenvalue weighted by atomic mass is 10.1. The van der Waals surface area contributed by atoms with E-state index in [9.17, 15) is 18.0 Å². The summed E-state index contributed by atoms with van der Waals surface area (Å²) >= 11 is 3.48. The van der Waals surface area contributed by atoms with Crippen LogP contribution in [0, 0.1) is 0 Å². The molecule has 0 aromatic carbocycles. The van der Waals surface area contributed by atoms with Gasteiger partial charge in [0.1, 0.15) is 5.92 Å². The van der Waals surface area contributed by atoms with Crippen LogP contribution in [0.1, 0.15) is 43.2 Å². The van der Waals surface area contributed by atoms with Gasteiger partial charge < -0.3 is 4.52 Å². The first-order valence-corrected chi connectivity index (χ1v) is 8.62. The highest BCUT2D eigenvalue weighted by molar-refractivity contribution is 8.06. The molecule has 1 fully saturated rings. The van der Waals surface area contributed by atoms with Gasteiger partial charge in [0.05, 0.1) is 5.25 Å². The molecule has 0 aliphatic carbocycles. The number of ketones is 1. The van der Waals surface area contributed by atoms with E-state index in [1.54, 1.807) is 23.5 Å². The number of Topliss-reactive ketones (excluding diaryl/α,β-unsaturated/α-hetero) is 1. The fourth-order valence-corrected chi connectivity index (χ4v) is 5.02. The number of aromatic nitrogens is 2. The minimum absolute atomic E-state index is 0.000520. The van der Waals surface area contributed by atoms with Crippen LogP contribution < -0.4 is 0 Å². The van der Waals surface area contributed by atoms with Crippen LogP contribution in [0.2, 0.25) is 0 Å². The number of carbonyl (C=O) groups excluding carboxylic acids is 1. The normalized spacial score (nSPS) is 24.8. The molecule has 9 heteroatoms. The summed E-state index contributed by atoms with van der Waals surface area (Å²) in [6, 6.07) is 0. The van der Waals surface area contributed by atoms with E-state index in [1.807, 2.05) is 6.92 Å². The first-order valence-electron chi connectivity index (χ1n) is 6.52. The summed E-state index contributed by atoms with van der Waals surface area (Å²) in [6.07, 6.45) is -3.97. The number of alkyl halides is 3. The van der Waals surface area contributed by atoms with Gasteiger partial charge in [-0.15, -0.1) is 11.8 Å². The van der Waals surface area contributed by atoms with Crippen molar-refractivity contribution in [3.8, 4) is 0 Å². The van der Waals surface area contributed by atoms with Gasteiger partial charge >= 0.3 is 6.18 Å². The first-order chi connectivity index (χ1) is 9.84. The van der Waals surface area contributed by atoms with Crippen molar-refractivity contribution in [2.75, 3.05) is 11.5 Å². The lowest BCUT2D eigenvalue weighted by molar-refractivity contribution is -0.172. The fraction of sp³-hybridized carbons (Fsp3) is 0.750. The van der Waals surface area contributed by atoms with Crippen LogP contribution in [0.25, 0.3) is 0 Å². The van der Waals surface area contributed by atoms with E-state index in [0.717, 1.165) is 24.9 Å². The number of rotatable bonds is 4. The highest BCUT2D eigenvalue weighted by Crippen LogP contribution is 2.43. The van der Waals surface area contributed by atoms with Crippen molar-refractivity contribution in [3.05, 3.63) is 11.7 Å². The van der Waals surface area contributed by atoms with Gasteiger partial charge in [-0.2, -0.15) is 29.9 Å². The summed E-state index contributed by atoms with van der Waals surface area (Å²) in [6.45, 7) is 3.18. The highest BCUT2D eigenvalue weighted by atomic mass is 32.2. The molecule has 0 spiro atoms. The van der Waals surface area contributed by atoms with Crippen molar-refractivity contribution in [2.24, 2.45) is 0 Å². The first kappa shape index (κ1) is 16.7. The molecule has 1 saturated heterocycles. The molecule has 1 aliphatic heterocycles. The fourth-order valence-electron chi connectivity index (χ4n) is 2.04. The van der Waals surface area contributed by atoms with Gasteiger partial charge in [0.25, 0.3) is 0 Å². The van der Waals surface area contributed by atoms with Gasteiger partial charge in [-0.05, 0) is 13.3 Å². The zero-order valence-corrected chi connectivity index (χ0v) is 13.1. The highest BCUT2D eigenvalue weighted by Gasteiger charge is 2.44. The number of hydrogen-bond donors (Lipinski definition) is 0. The zero-order chi connectivity index (χ0) is 15.6. The van der Waals surface area contributed by atoms with Gasteiger partial charge in [0.15, 0.2) is 5.82 Å². The number of carbonyl (C=O) groups is 1. The molecule has 3 unspecified atom stereocenters. The van der Waals surface area contributed by atoms with Gasteiger partial charge in [0.2, 0.25) is 11.7 Å². The van der Waals surface area contributed by atoms with Crippen LogP contribution in [0.3, 0.4) is 0 Å². The van der Waals surface area contributed by atoms with Crippen molar-refractivity contribution in [1.82, 2.24) is 10.1 Å². The molecule has 0 amide bonds. The Bertz CT molecular complexity index is 507. The van der Waals surface area contributed by atoms with Crippen molar-refractivity contribution < 1.29 is 22.5 Å². The number of halogens is 3. The maximum atomic E-state index is 12.4. The van der Waals surface area contributed by atoms with E-state index in [1.165, 1.54) is 0 Å². The van der Waals surface area contributed by atoms with E-state index in [0.29, 0.717) is 11.1 Å². The van der Waals surface area contributed by atoms with Crippen molar-refractivity contribution in [1.29, 1.82) is 0 Å². The SMILES string of the molecule is CCC1SCCSC1c1noc(C(C)C(=O)C(F)(F)F)n1. The second-order valence-corrected chi connectivity index (χ2v) is 7.28. The molecule has 4 nitrogen and oxygen atoms in total. The van der Waals surface area contributed by atoms with Gasteiger partial charge in [0, 0.05) is 16.8 Å². The predicted molar refractivity (Wildman–Crippen MR) is 75.5 cm³/mol. The average molecular weight is 340 g/mol. The van der Waals surface area contributed by atoms with Crippen LogP contribution in [-0.2, 0) is 4.79 Å². The van der Waals surface area contributed by atoms with E-state index in [4.69, 9.17) is 4.52 Å². The Hall–Kier alpha value is -0.700. The molecule has 2 heterocycles. The molecule has 0 radical (unpaired) electrons. The van der Waals surface area contributed by atoms with Crippen molar-refractivity contribution in [2.45, 2.75) is 42.9 Å². The van der Waals surface area contributed by atoms with Crippen LogP contribution >= 0.6 is 23.5 Å². The quantitative estimate of drug-likeness (QED) is 0.835. The summed E-state index contributed by atoms with van der Waals surface area (Å²) < 4.78 is 42.1. The molecule has 1 aromatic heterocycles. The van der Waals surface area contributed by atoms with Gasteiger partial charge in [-0.1, -0.05) is 12.1 Å². The second-order valence-electron chi connectivity index (χ2n) is 4.68. The topological polar surface area (TPSA) is 56.0 Å². The van der Waals surface area contributed by atoms with Crippen LogP contribution in [0.15, 0.2) is 4.52 Å². The average Bonchev–Trinajstić information content (AvgIpc) is 2.94. The Kier molecular flexibility index (Phi) is 5.24. The Labute approximate surface area is 128 Å². The summed E-state index contributed by atoms with van der Waals surface area (Å²) in [4.78, 5) is 15.2. The van der Waals surface area contributed by atoms with Gasteiger partial charge in [-0.25, -0.2) is 0 Å². The number of hydrogen-bond acceptors (Lipinski definition) is 6. The van der Waals surface area contributed by atoms with Crippen molar-refractivity contribution >= 4 is 29.3 Å². The third-order valence-electron chi connectivity index (χ3n) is 3.21. The third kappa shape index (κ3) is 3.74. The number of nitrogens with zero attached hydrogens (tertiary/aromatic N) is 2. The summed E-state index contributed by atoms with van der Waals surface area (Å²) in [5.41, 5.74) is 0. The molecule has 0 N–H and O–H groups in total. The Morgan fingerprint density at radius 1 is 1.43 bits per heavy atom. The van der Waals surface area contributed by atoms with Crippen molar-refractivity contribution in [3.63, 3.8) is 0 Å².